The lowest BCUT2D eigenvalue weighted by atomic mass is 9.99. The highest BCUT2D eigenvalue weighted by Crippen LogP contribution is 2.22. The molecule has 0 aliphatic rings. The smallest absolute Gasteiger partial charge is 0.197 e. The number of ketones is 1. The van der Waals surface area contributed by atoms with Gasteiger partial charge in [-0.3, -0.25) is 9.78 Å². The van der Waals surface area contributed by atoms with Gasteiger partial charge in [-0.05, 0) is 30.7 Å². The Morgan fingerprint density at radius 2 is 2.06 bits per heavy atom. The number of benzene rings is 1. The van der Waals surface area contributed by atoms with Gasteiger partial charge in [-0.25, -0.2) is 4.39 Å². The van der Waals surface area contributed by atoms with Gasteiger partial charge in [-0.2, -0.15) is 0 Å². The zero-order valence-corrected chi connectivity index (χ0v) is 10.1. The Morgan fingerprint density at radius 3 is 2.78 bits per heavy atom. The summed E-state index contributed by atoms with van der Waals surface area (Å²) in [6.07, 6.45) is 2.96. The molecule has 0 fully saturated rings. The van der Waals surface area contributed by atoms with Crippen molar-refractivity contribution in [1.82, 2.24) is 4.98 Å². The minimum Gasteiger partial charge on any atom is -0.494 e. The molecule has 0 atom stereocenters. The molecule has 0 N–H and O–H groups in total. The summed E-state index contributed by atoms with van der Waals surface area (Å²) in [5.41, 5.74) is 1.43. The Labute approximate surface area is 104 Å². The van der Waals surface area contributed by atoms with E-state index >= 15 is 0 Å². The number of carbonyl (C=O) groups is 1. The topological polar surface area (TPSA) is 39.2 Å². The number of aryl methyl sites for hydroxylation is 1. The molecule has 0 radical (unpaired) electrons. The van der Waals surface area contributed by atoms with Crippen LogP contribution in [0.1, 0.15) is 21.5 Å². The summed E-state index contributed by atoms with van der Waals surface area (Å²) in [7, 11) is 1.46. The third-order valence-corrected chi connectivity index (χ3v) is 2.69. The SMILES string of the molecule is COc1cnccc1C(=O)c1cc(F)ccc1C. The van der Waals surface area contributed by atoms with Crippen LogP contribution in [0.2, 0.25) is 0 Å². The van der Waals surface area contributed by atoms with Crippen molar-refractivity contribution in [3.63, 3.8) is 0 Å². The lowest BCUT2D eigenvalue weighted by Gasteiger charge is -2.08. The molecule has 0 amide bonds. The van der Waals surface area contributed by atoms with Gasteiger partial charge in [-0.1, -0.05) is 6.07 Å². The van der Waals surface area contributed by atoms with Crippen LogP contribution in [0.3, 0.4) is 0 Å². The standard InChI is InChI=1S/C14H12FNO2/c1-9-3-4-10(15)7-12(9)14(17)11-5-6-16-8-13(11)18-2/h3-8H,1-2H3. The first-order valence-electron chi connectivity index (χ1n) is 5.42. The van der Waals surface area contributed by atoms with Gasteiger partial charge in [0.2, 0.25) is 0 Å². The van der Waals surface area contributed by atoms with Gasteiger partial charge in [0.25, 0.3) is 0 Å². The number of methoxy groups -OCH3 is 1. The van der Waals surface area contributed by atoms with Gasteiger partial charge in [0.15, 0.2) is 5.78 Å². The number of nitrogens with zero attached hydrogens (tertiary/aromatic N) is 1. The van der Waals surface area contributed by atoms with Gasteiger partial charge in [0, 0.05) is 11.8 Å². The Morgan fingerprint density at radius 1 is 1.28 bits per heavy atom. The summed E-state index contributed by atoms with van der Waals surface area (Å²) < 4.78 is 18.3. The average molecular weight is 245 g/mol. The zero-order chi connectivity index (χ0) is 13.1. The van der Waals surface area contributed by atoms with E-state index in [0.29, 0.717) is 16.9 Å². The normalized spacial score (nSPS) is 10.2. The minimum atomic E-state index is -0.433. The van der Waals surface area contributed by atoms with Gasteiger partial charge < -0.3 is 4.74 Å². The fourth-order valence-corrected chi connectivity index (χ4v) is 1.71. The van der Waals surface area contributed by atoms with Crippen molar-refractivity contribution in [2.75, 3.05) is 7.11 Å². The van der Waals surface area contributed by atoms with E-state index in [0.717, 1.165) is 5.56 Å². The van der Waals surface area contributed by atoms with Crippen molar-refractivity contribution in [3.05, 3.63) is 59.2 Å². The molecular weight excluding hydrogens is 233 g/mol. The van der Waals surface area contributed by atoms with Crippen LogP contribution in [0.4, 0.5) is 4.39 Å². The maximum Gasteiger partial charge on any atom is 0.197 e. The van der Waals surface area contributed by atoms with E-state index in [4.69, 9.17) is 4.74 Å². The van der Waals surface area contributed by atoms with Crippen molar-refractivity contribution in [2.24, 2.45) is 0 Å². The average Bonchev–Trinajstić information content (AvgIpc) is 2.40. The first-order chi connectivity index (χ1) is 8.63. The van der Waals surface area contributed by atoms with Crippen molar-refractivity contribution in [2.45, 2.75) is 6.92 Å². The third-order valence-electron chi connectivity index (χ3n) is 2.69. The number of halogens is 1. The molecule has 0 aliphatic heterocycles. The predicted octanol–water partition coefficient (Wildman–Crippen LogP) is 2.77. The summed E-state index contributed by atoms with van der Waals surface area (Å²) in [4.78, 5) is 16.2. The minimum absolute atomic E-state index is 0.272. The van der Waals surface area contributed by atoms with E-state index in [1.165, 1.54) is 31.6 Å². The molecule has 1 aromatic carbocycles. The van der Waals surface area contributed by atoms with Crippen molar-refractivity contribution in [1.29, 1.82) is 0 Å². The molecule has 18 heavy (non-hydrogen) atoms. The molecule has 4 heteroatoms. The van der Waals surface area contributed by atoms with Gasteiger partial charge in [-0.15, -0.1) is 0 Å². The van der Waals surface area contributed by atoms with Crippen LogP contribution < -0.4 is 4.74 Å². The van der Waals surface area contributed by atoms with E-state index in [9.17, 15) is 9.18 Å². The van der Waals surface area contributed by atoms with E-state index in [2.05, 4.69) is 4.98 Å². The van der Waals surface area contributed by atoms with Crippen LogP contribution >= 0.6 is 0 Å². The number of hydrogen-bond acceptors (Lipinski definition) is 3. The zero-order valence-electron chi connectivity index (χ0n) is 10.1. The summed E-state index contributed by atoms with van der Waals surface area (Å²) in [6.45, 7) is 1.76. The number of carbonyl (C=O) groups excluding carboxylic acids is 1. The fourth-order valence-electron chi connectivity index (χ4n) is 1.71. The second-order valence-corrected chi connectivity index (χ2v) is 3.86. The van der Waals surface area contributed by atoms with Gasteiger partial charge in [0.1, 0.15) is 11.6 Å². The van der Waals surface area contributed by atoms with E-state index in [1.54, 1.807) is 19.1 Å². The summed E-state index contributed by atoms with van der Waals surface area (Å²) >= 11 is 0. The van der Waals surface area contributed by atoms with Crippen LogP contribution in [-0.2, 0) is 0 Å². The van der Waals surface area contributed by atoms with Gasteiger partial charge >= 0.3 is 0 Å². The molecule has 1 heterocycles. The number of ether oxygens (including phenoxy) is 1. The summed E-state index contributed by atoms with van der Waals surface area (Å²) in [5.74, 6) is -0.325. The van der Waals surface area contributed by atoms with Crippen LogP contribution in [0.15, 0.2) is 36.7 Å². The fraction of sp³-hybridized carbons (Fsp3) is 0.143. The quantitative estimate of drug-likeness (QED) is 0.780. The molecule has 0 unspecified atom stereocenters. The van der Waals surface area contributed by atoms with Crippen molar-refractivity contribution in [3.8, 4) is 5.75 Å². The highest BCUT2D eigenvalue weighted by molar-refractivity contribution is 6.11. The van der Waals surface area contributed by atoms with Crippen molar-refractivity contribution >= 4 is 5.78 Å². The largest absolute Gasteiger partial charge is 0.494 e. The molecule has 0 aliphatic carbocycles. The number of rotatable bonds is 3. The number of aromatic nitrogens is 1. The highest BCUT2D eigenvalue weighted by atomic mass is 19.1. The maximum absolute atomic E-state index is 13.2. The van der Waals surface area contributed by atoms with E-state index in [-0.39, 0.29) is 5.78 Å². The number of hydrogen-bond donors (Lipinski definition) is 0. The summed E-state index contributed by atoms with van der Waals surface area (Å²) in [5, 5.41) is 0. The van der Waals surface area contributed by atoms with Crippen LogP contribution in [-0.4, -0.2) is 17.9 Å². The van der Waals surface area contributed by atoms with Crippen LogP contribution in [0.25, 0.3) is 0 Å². The molecule has 0 saturated heterocycles. The van der Waals surface area contributed by atoms with Gasteiger partial charge in [0.05, 0.1) is 18.9 Å². The lowest BCUT2D eigenvalue weighted by molar-refractivity contribution is 0.103. The predicted molar refractivity (Wildman–Crippen MR) is 65.4 cm³/mol. The Bertz CT molecular complexity index is 596. The second kappa shape index (κ2) is 4.96. The maximum atomic E-state index is 13.2. The van der Waals surface area contributed by atoms with Crippen LogP contribution in [0, 0.1) is 12.7 Å². The molecule has 1 aromatic heterocycles. The molecule has 3 nitrogen and oxygen atoms in total. The first kappa shape index (κ1) is 12.2. The molecule has 2 aromatic rings. The van der Waals surface area contributed by atoms with E-state index < -0.39 is 5.82 Å². The first-order valence-corrected chi connectivity index (χ1v) is 5.42. The van der Waals surface area contributed by atoms with Crippen molar-refractivity contribution < 1.29 is 13.9 Å². The molecule has 92 valence electrons. The molecular formula is C14H12FNO2. The lowest BCUT2D eigenvalue weighted by Crippen LogP contribution is -2.06. The Balaban J connectivity index is 2.51. The molecule has 0 bridgehead atoms. The third kappa shape index (κ3) is 2.22. The monoisotopic (exact) mass is 245 g/mol. The number of pyridine rings is 1. The highest BCUT2D eigenvalue weighted by Gasteiger charge is 2.16. The molecule has 0 saturated carbocycles. The van der Waals surface area contributed by atoms with E-state index in [1.807, 2.05) is 0 Å². The van der Waals surface area contributed by atoms with Crippen LogP contribution in [0.5, 0.6) is 5.75 Å². The molecule has 0 spiro atoms. The molecule has 2 rings (SSSR count). The Hall–Kier alpha value is -2.23. The Kier molecular flexibility index (Phi) is 3.37. The second-order valence-electron chi connectivity index (χ2n) is 3.86. The summed E-state index contributed by atoms with van der Waals surface area (Å²) in [6, 6.07) is 5.70.